The van der Waals surface area contributed by atoms with Crippen molar-refractivity contribution in [2.75, 3.05) is 0 Å². The molecule has 86 valence electrons. The molecule has 0 unspecified atom stereocenters. The fourth-order valence-corrected chi connectivity index (χ4v) is 1.90. The lowest BCUT2D eigenvalue weighted by molar-refractivity contribution is -0.673. The van der Waals surface area contributed by atoms with Crippen LogP contribution in [0.25, 0.3) is 12.2 Å². The third kappa shape index (κ3) is 2.82. The van der Waals surface area contributed by atoms with Crippen LogP contribution in [0.4, 0.5) is 0 Å². The molecule has 0 saturated carbocycles. The first-order valence-corrected chi connectivity index (χ1v) is 5.87. The summed E-state index contributed by atoms with van der Waals surface area (Å²) in [5.74, 6) is 0. The maximum atomic E-state index is 2.21. The van der Waals surface area contributed by atoms with E-state index in [-0.39, 0.29) is 0 Å². The lowest BCUT2D eigenvalue weighted by Crippen LogP contribution is -2.30. The molecule has 1 heteroatoms. The molecule has 2 aromatic rings. The number of hydrogen-bond acceptors (Lipinski definition) is 0. The first kappa shape index (κ1) is 11.6. The molecule has 17 heavy (non-hydrogen) atoms. The van der Waals surface area contributed by atoms with Crippen molar-refractivity contribution in [3.05, 3.63) is 65.0 Å². The van der Waals surface area contributed by atoms with E-state index in [0.717, 1.165) is 0 Å². The molecule has 1 aromatic heterocycles. The van der Waals surface area contributed by atoms with Crippen LogP contribution in [0.15, 0.2) is 42.6 Å². The van der Waals surface area contributed by atoms with Gasteiger partial charge < -0.3 is 0 Å². The summed E-state index contributed by atoms with van der Waals surface area (Å²) in [5.41, 5.74) is 5.11. The number of aryl methyl sites for hydroxylation is 3. The number of pyridine rings is 1. The first-order chi connectivity index (χ1) is 8.16. The number of aromatic nitrogens is 1. The van der Waals surface area contributed by atoms with Crippen LogP contribution in [0.3, 0.4) is 0 Å². The van der Waals surface area contributed by atoms with E-state index in [0.29, 0.717) is 0 Å². The van der Waals surface area contributed by atoms with Crippen LogP contribution in [0.5, 0.6) is 0 Å². The van der Waals surface area contributed by atoms with Crippen LogP contribution in [0.2, 0.25) is 0 Å². The number of benzene rings is 1. The van der Waals surface area contributed by atoms with Gasteiger partial charge in [-0.15, -0.1) is 0 Å². The summed E-state index contributed by atoms with van der Waals surface area (Å²) in [6, 6.07) is 12.7. The Balaban J connectivity index is 2.29. The molecule has 0 saturated heterocycles. The highest BCUT2D eigenvalue weighted by Crippen LogP contribution is 2.13. The van der Waals surface area contributed by atoms with Crippen molar-refractivity contribution >= 4 is 12.2 Å². The molecule has 0 aliphatic rings. The second-order valence-electron chi connectivity index (χ2n) is 4.43. The van der Waals surface area contributed by atoms with E-state index < -0.39 is 0 Å². The van der Waals surface area contributed by atoms with Crippen LogP contribution >= 0.6 is 0 Å². The van der Waals surface area contributed by atoms with Gasteiger partial charge in [-0.3, -0.25) is 0 Å². The van der Waals surface area contributed by atoms with E-state index in [2.05, 4.69) is 74.1 Å². The van der Waals surface area contributed by atoms with Gasteiger partial charge in [-0.25, -0.2) is 4.57 Å². The van der Waals surface area contributed by atoms with E-state index in [9.17, 15) is 0 Å². The minimum absolute atomic E-state index is 1.20. The third-order valence-electron chi connectivity index (χ3n) is 2.95. The predicted octanol–water partition coefficient (Wildman–Crippen LogP) is 3.30. The Bertz CT molecular complexity index is 553. The van der Waals surface area contributed by atoms with Crippen LogP contribution in [0, 0.1) is 13.8 Å². The highest BCUT2D eigenvalue weighted by atomic mass is 14.9. The van der Waals surface area contributed by atoms with Crippen molar-refractivity contribution in [2.24, 2.45) is 7.05 Å². The molecular formula is C16H18N+. The summed E-state index contributed by atoms with van der Waals surface area (Å²) >= 11 is 0. The third-order valence-corrected chi connectivity index (χ3v) is 2.95. The van der Waals surface area contributed by atoms with Crippen LogP contribution < -0.4 is 4.57 Å². The lowest BCUT2D eigenvalue weighted by atomic mass is 10.1. The van der Waals surface area contributed by atoms with Crippen molar-refractivity contribution in [1.29, 1.82) is 0 Å². The predicted molar refractivity (Wildman–Crippen MR) is 72.5 cm³/mol. The molecule has 1 aromatic carbocycles. The Morgan fingerprint density at radius 3 is 2.53 bits per heavy atom. The van der Waals surface area contributed by atoms with Gasteiger partial charge in [-0.1, -0.05) is 23.8 Å². The largest absolute Gasteiger partial charge is 0.204 e. The molecule has 0 atom stereocenters. The van der Waals surface area contributed by atoms with Crippen molar-refractivity contribution in [2.45, 2.75) is 13.8 Å². The zero-order valence-electron chi connectivity index (χ0n) is 10.6. The molecule has 2 rings (SSSR count). The van der Waals surface area contributed by atoms with Gasteiger partial charge in [0, 0.05) is 18.2 Å². The number of nitrogens with zero attached hydrogens (tertiary/aromatic N) is 1. The average molecular weight is 224 g/mol. The minimum atomic E-state index is 1.20. The maximum absolute atomic E-state index is 2.21. The number of rotatable bonds is 2. The van der Waals surface area contributed by atoms with E-state index >= 15 is 0 Å². The molecule has 0 aliphatic carbocycles. The Hall–Kier alpha value is -1.89. The zero-order valence-corrected chi connectivity index (χ0v) is 10.6. The fourth-order valence-electron chi connectivity index (χ4n) is 1.90. The van der Waals surface area contributed by atoms with Crippen LogP contribution in [-0.4, -0.2) is 0 Å². The van der Waals surface area contributed by atoms with Gasteiger partial charge in [0.15, 0.2) is 6.20 Å². The highest BCUT2D eigenvalue weighted by Gasteiger charge is 2.00. The molecule has 0 radical (unpaired) electrons. The van der Waals surface area contributed by atoms with E-state index in [1.165, 1.54) is 22.4 Å². The summed E-state index contributed by atoms with van der Waals surface area (Å²) < 4.78 is 2.11. The van der Waals surface area contributed by atoms with Crippen LogP contribution in [0.1, 0.15) is 22.4 Å². The molecule has 0 N–H and O–H groups in total. The first-order valence-electron chi connectivity index (χ1n) is 5.87. The summed E-state index contributed by atoms with van der Waals surface area (Å²) in [6.07, 6.45) is 6.38. The molecule has 0 aliphatic heterocycles. The molecule has 1 heterocycles. The van der Waals surface area contributed by atoms with Crippen molar-refractivity contribution < 1.29 is 4.57 Å². The van der Waals surface area contributed by atoms with Gasteiger partial charge in [-0.05, 0) is 37.1 Å². The number of hydrogen-bond donors (Lipinski definition) is 0. The fraction of sp³-hybridized carbons (Fsp3) is 0.188. The quantitative estimate of drug-likeness (QED) is 0.689. The summed E-state index contributed by atoms with van der Waals surface area (Å²) in [4.78, 5) is 0. The topological polar surface area (TPSA) is 3.88 Å². The SMILES string of the molecule is Cc1ccc(/C=C/c2cccc[n+]2C)c(C)c1. The zero-order chi connectivity index (χ0) is 12.3. The standard InChI is InChI=1S/C16H18N/c1-13-7-8-15(14(2)12-13)9-10-16-6-4-5-11-17(16)3/h4-12H,1-3H3/q+1/b10-9+. The Labute approximate surface area is 103 Å². The van der Waals surface area contributed by atoms with E-state index in [1.54, 1.807) is 0 Å². The Morgan fingerprint density at radius 2 is 1.82 bits per heavy atom. The summed E-state index contributed by atoms with van der Waals surface area (Å²) in [5, 5.41) is 0. The monoisotopic (exact) mass is 224 g/mol. The highest BCUT2D eigenvalue weighted by molar-refractivity contribution is 5.68. The van der Waals surface area contributed by atoms with Crippen molar-refractivity contribution in [1.82, 2.24) is 0 Å². The van der Waals surface area contributed by atoms with Crippen molar-refractivity contribution in [3.63, 3.8) is 0 Å². The second kappa shape index (κ2) is 4.96. The molecule has 0 amide bonds. The van der Waals surface area contributed by atoms with E-state index in [1.807, 2.05) is 6.07 Å². The minimum Gasteiger partial charge on any atom is -0.202 e. The second-order valence-corrected chi connectivity index (χ2v) is 4.43. The molecule has 0 bridgehead atoms. The van der Waals surface area contributed by atoms with Gasteiger partial charge in [0.25, 0.3) is 0 Å². The van der Waals surface area contributed by atoms with Gasteiger partial charge in [0.05, 0.1) is 0 Å². The van der Waals surface area contributed by atoms with Crippen molar-refractivity contribution in [3.8, 4) is 0 Å². The maximum Gasteiger partial charge on any atom is 0.204 e. The lowest BCUT2D eigenvalue weighted by Gasteiger charge is -2.01. The summed E-state index contributed by atoms with van der Waals surface area (Å²) in [7, 11) is 2.06. The Kier molecular flexibility index (Phi) is 3.38. The van der Waals surface area contributed by atoms with Gasteiger partial charge in [-0.2, -0.15) is 0 Å². The molecule has 0 spiro atoms. The van der Waals surface area contributed by atoms with Gasteiger partial charge in [0.2, 0.25) is 5.69 Å². The summed E-state index contributed by atoms with van der Waals surface area (Å²) in [6.45, 7) is 4.27. The van der Waals surface area contributed by atoms with Crippen LogP contribution in [-0.2, 0) is 7.05 Å². The smallest absolute Gasteiger partial charge is 0.202 e. The van der Waals surface area contributed by atoms with Gasteiger partial charge in [0.1, 0.15) is 7.05 Å². The van der Waals surface area contributed by atoms with E-state index in [4.69, 9.17) is 0 Å². The molecular weight excluding hydrogens is 206 g/mol. The molecule has 0 fully saturated rings. The Morgan fingerprint density at radius 1 is 1.00 bits per heavy atom. The normalized spacial score (nSPS) is 11.0. The molecule has 1 nitrogen and oxygen atoms in total. The average Bonchev–Trinajstić information content (AvgIpc) is 2.30. The van der Waals surface area contributed by atoms with Gasteiger partial charge >= 0.3 is 0 Å².